The van der Waals surface area contributed by atoms with Crippen molar-refractivity contribution < 1.29 is 22.7 Å². The van der Waals surface area contributed by atoms with Crippen molar-refractivity contribution in [1.82, 2.24) is 0 Å². The first-order valence-electron chi connectivity index (χ1n) is 14.2. The smallest absolute Gasteiger partial charge is 0.326 e. The van der Waals surface area contributed by atoms with Gasteiger partial charge in [-0.3, -0.25) is 19.3 Å². The fraction of sp³-hybridized carbons (Fsp3) is 0.242. The van der Waals surface area contributed by atoms with Crippen LogP contribution in [0.2, 0.25) is 0 Å². The van der Waals surface area contributed by atoms with Gasteiger partial charge in [-0.15, -0.1) is 0 Å². The van der Waals surface area contributed by atoms with Gasteiger partial charge in [0.05, 0.1) is 17.2 Å². The van der Waals surface area contributed by atoms with Gasteiger partial charge in [-0.05, 0) is 78.4 Å². The lowest BCUT2D eigenvalue weighted by atomic mass is 9.99. The Labute approximate surface area is 251 Å². The Kier molecular flexibility index (Phi) is 8.77. The highest BCUT2D eigenvalue weighted by Crippen LogP contribution is 2.34. The van der Waals surface area contributed by atoms with Gasteiger partial charge in [0.15, 0.2) is 0 Å². The average Bonchev–Trinajstić information content (AvgIpc) is 3.02. The predicted molar refractivity (Wildman–Crippen MR) is 168 cm³/mol. The van der Waals surface area contributed by atoms with Crippen molar-refractivity contribution in [2.24, 2.45) is 5.73 Å². The van der Waals surface area contributed by atoms with Gasteiger partial charge in [0.2, 0.25) is 5.91 Å². The minimum atomic E-state index is -4.13. The zero-order chi connectivity index (χ0) is 30.6. The zero-order valence-corrected chi connectivity index (χ0v) is 24.8. The number of sulfonamides is 1. The van der Waals surface area contributed by atoms with Crippen molar-refractivity contribution >= 4 is 49.9 Å². The third kappa shape index (κ3) is 6.54. The Bertz CT molecular complexity index is 1790. The summed E-state index contributed by atoms with van der Waals surface area (Å²) in [5.41, 5.74) is 9.05. The lowest BCUT2D eigenvalue weighted by Crippen LogP contribution is -2.38. The number of carbonyl (C=O) groups is 2. The summed E-state index contributed by atoms with van der Waals surface area (Å²) in [5.74, 6) is -0.688. The number of nitrogens with zero attached hydrogens (tertiary/aromatic N) is 2. The van der Waals surface area contributed by atoms with Crippen LogP contribution in [0.1, 0.15) is 36.5 Å². The molecule has 0 atom stereocenters. The fourth-order valence-electron chi connectivity index (χ4n) is 5.33. The van der Waals surface area contributed by atoms with Gasteiger partial charge in [-0.2, -0.15) is 0 Å². The fourth-order valence-corrected chi connectivity index (χ4v) is 6.77. The molecule has 1 aliphatic rings. The molecular formula is C33H34N4O5S. The monoisotopic (exact) mass is 598 g/mol. The van der Waals surface area contributed by atoms with Crippen LogP contribution >= 0.6 is 0 Å². The Hall–Kier alpha value is -4.70. The topological polar surface area (TPSA) is 134 Å². The lowest BCUT2D eigenvalue weighted by molar-refractivity contribution is -0.141. The lowest BCUT2D eigenvalue weighted by Gasteiger charge is -2.31. The molecule has 0 fully saturated rings. The van der Waals surface area contributed by atoms with E-state index in [4.69, 9.17) is 15.9 Å². The molecule has 0 radical (unpaired) electrons. The molecule has 1 aliphatic heterocycles. The number of aryl methyl sites for hydroxylation is 2. The molecule has 1 amide bonds. The second-order valence-electron chi connectivity index (χ2n) is 10.4. The van der Waals surface area contributed by atoms with E-state index in [0.29, 0.717) is 37.1 Å². The van der Waals surface area contributed by atoms with Crippen molar-refractivity contribution in [2.45, 2.75) is 37.5 Å². The minimum absolute atomic E-state index is 0.00203. The van der Waals surface area contributed by atoms with Gasteiger partial charge >= 0.3 is 5.97 Å². The van der Waals surface area contributed by atoms with E-state index >= 15 is 0 Å². The molecule has 5 rings (SSSR count). The summed E-state index contributed by atoms with van der Waals surface area (Å²) in [4.78, 5) is 27.7. The number of carbonyl (C=O) groups excluding carboxylic acids is 2. The number of fused-ring (bicyclic) bond motifs is 2. The van der Waals surface area contributed by atoms with Crippen molar-refractivity contribution in [3.63, 3.8) is 0 Å². The third-order valence-corrected chi connectivity index (χ3v) is 9.32. The highest BCUT2D eigenvalue weighted by molar-refractivity contribution is 7.92. The van der Waals surface area contributed by atoms with Crippen LogP contribution in [0.3, 0.4) is 0 Å². The second kappa shape index (κ2) is 12.7. The number of ether oxygens (including phenoxy) is 1. The number of nitrogen functional groups attached to an aromatic ring is 1. The molecular weight excluding hydrogens is 564 g/mol. The molecule has 0 saturated carbocycles. The zero-order valence-electron chi connectivity index (χ0n) is 24.0. The van der Waals surface area contributed by atoms with Crippen molar-refractivity contribution in [1.29, 1.82) is 5.41 Å². The van der Waals surface area contributed by atoms with Gasteiger partial charge in [0, 0.05) is 24.2 Å². The highest BCUT2D eigenvalue weighted by Gasteiger charge is 2.30. The van der Waals surface area contributed by atoms with E-state index in [1.165, 1.54) is 0 Å². The molecule has 3 N–H and O–H groups in total. The summed E-state index contributed by atoms with van der Waals surface area (Å²) >= 11 is 0. The SMILES string of the molecule is CCOC(=O)CN(c1ccc2c(c1)CCCN2C(=O)CCc1ccc(C(=N)N)cc1)S(=O)(=O)c1ccc2ccccc2c1. The van der Waals surface area contributed by atoms with Crippen molar-refractivity contribution in [2.75, 3.05) is 28.9 Å². The summed E-state index contributed by atoms with van der Waals surface area (Å²) in [7, 11) is -4.13. The van der Waals surface area contributed by atoms with E-state index in [-0.39, 0.29) is 23.2 Å². The van der Waals surface area contributed by atoms with E-state index in [1.54, 1.807) is 60.4 Å². The maximum Gasteiger partial charge on any atom is 0.326 e. The molecule has 0 unspecified atom stereocenters. The molecule has 4 aromatic carbocycles. The van der Waals surface area contributed by atoms with Crippen LogP contribution in [0.25, 0.3) is 10.8 Å². The highest BCUT2D eigenvalue weighted by atomic mass is 32.2. The van der Waals surface area contributed by atoms with Gasteiger partial charge in [0.25, 0.3) is 10.0 Å². The second-order valence-corrected chi connectivity index (χ2v) is 12.3. The first-order chi connectivity index (χ1) is 20.7. The summed E-state index contributed by atoms with van der Waals surface area (Å²) in [6.07, 6.45) is 2.23. The number of nitrogens with one attached hydrogen (secondary N) is 1. The number of amidine groups is 1. The largest absolute Gasteiger partial charge is 0.465 e. The Morgan fingerprint density at radius 2 is 1.72 bits per heavy atom. The number of amides is 1. The van der Waals surface area contributed by atoms with E-state index in [1.807, 2.05) is 36.4 Å². The maximum absolute atomic E-state index is 14.0. The molecule has 0 saturated heterocycles. The number of hydrogen-bond acceptors (Lipinski definition) is 6. The van der Waals surface area contributed by atoms with Crippen molar-refractivity contribution in [3.8, 4) is 0 Å². The summed E-state index contributed by atoms with van der Waals surface area (Å²) < 4.78 is 34.1. The average molecular weight is 599 g/mol. The van der Waals surface area contributed by atoms with Crippen LogP contribution in [0.5, 0.6) is 0 Å². The van der Waals surface area contributed by atoms with Crippen LogP contribution in [0, 0.1) is 5.41 Å². The van der Waals surface area contributed by atoms with Crippen LogP contribution in [-0.2, 0) is 37.2 Å². The van der Waals surface area contributed by atoms with Crippen molar-refractivity contribution in [3.05, 3.63) is 102 Å². The third-order valence-electron chi connectivity index (χ3n) is 7.55. The summed E-state index contributed by atoms with van der Waals surface area (Å²) in [5, 5.41) is 9.22. The number of anilines is 2. The molecule has 0 aliphatic carbocycles. The van der Waals surface area contributed by atoms with E-state index < -0.39 is 22.5 Å². The summed E-state index contributed by atoms with van der Waals surface area (Å²) in [6, 6.07) is 24.8. The van der Waals surface area contributed by atoms with Gasteiger partial charge < -0.3 is 15.4 Å². The van der Waals surface area contributed by atoms with E-state index in [9.17, 15) is 18.0 Å². The first-order valence-corrected chi connectivity index (χ1v) is 15.6. The normalized spacial score (nSPS) is 12.9. The summed E-state index contributed by atoms with van der Waals surface area (Å²) in [6.45, 7) is 1.89. The number of hydrogen-bond donors (Lipinski definition) is 2. The minimum Gasteiger partial charge on any atom is -0.465 e. The van der Waals surface area contributed by atoms with Gasteiger partial charge in [0.1, 0.15) is 12.4 Å². The molecule has 43 heavy (non-hydrogen) atoms. The molecule has 9 nitrogen and oxygen atoms in total. The number of rotatable bonds is 10. The Balaban J connectivity index is 1.41. The molecule has 1 heterocycles. The van der Waals surface area contributed by atoms with E-state index in [2.05, 4.69) is 0 Å². The molecule has 4 aromatic rings. The molecule has 0 bridgehead atoms. The number of esters is 1. The van der Waals surface area contributed by atoms with Crippen LogP contribution in [0.15, 0.2) is 89.8 Å². The first kappa shape index (κ1) is 29.8. The molecule has 0 aromatic heterocycles. The van der Waals surface area contributed by atoms with Gasteiger partial charge in [-0.25, -0.2) is 8.42 Å². The van der Waals surface area contributed by atoms with Crippen LogP contribution < -0.4 is 14.9 Å². The molecule has 0 spiro atoms. The predicted octanol–water partition coefficient (Wildman–Crippen LogP) is 4.79. The standard InChI is InChI=1S/C33H34N4O5S/c1-2-42-32(39)22-37(43(40,41)29-16-14-24-6-3-4-7-26(24)21-29)28-15-17-30-27(20-28)8-5-19-36(30)31(38)18-11-23-9-12-25(13-10-23)33(34)35/h3-4,6-7,9-10,12-17,20-21H,2,5,8,11,18-19,22H2,1H3,(H3,34,35). The van der Waals surface area contributed by atoms with Gasteiger partial charge in [-0.1, -0.05) is 54.6 Å². The maximum atomic E-state index is 14.0. The van der Waals surface area contributed by atoms with Crippen LogP contribution in [-0.4, -0.2) is 45.8 Å². The quantitative estimate of drug-likeness (QED) is 0.153. The van der Waals surface area contributed by atoms with E-state index in [0.717, 1.165) is 38.3 Å². The molecule has 10 heteroatoms. The Morgan fingerprint density at radius 1 is 0.977 bits per heavy atom. The Morgan fingerprint density at radius 3 is 2.44 bits per heavy atom. The number of nitrogens with two attached hydrogens (primary N) is 1. The molecule has 222 valence electrons. The number of benzene rings is 4. The van der Waals surface area contributed by atoms with Crippen LogP contribution in [0.4, 0.5) is 11.4 Å².